The second-order valence-corrected chi connectivity index (χ2v) is 6.28. The van der Waals surface area contributed by atoms with Crippen molar-refractivity contribution in [3.05, 3.63) is 71.3 Å². The maximum absolute atomic E-state index is 13.5. The third kappa shape index (κ3) is 3.35. The number of nitrogens with zero attached hydrogens (tertiary/aromatic N) is 2. The van der Waals surface area contributed by atoms with Crippen molar-refractivity contribution in [1.82, 2.24) is 5.01 Å². The maximum Gasteiger partial charge on any atom is 0.438 e. The molecule has 1 heterocycles. The molecule has 1 atom stereocenters. The highest BCUT2D eigenvalue weighted by Gasteiger charge is 2.63. The number of halogens is 3. The molecule has 1 N–H and O–H groups in total. The Morgan fingerprint density at radius 3 is 2.50 bits per heavy atom. The highest BCUT2D eigenvalue weighted by atomic mass is 19.4. The second-order valence-electron chi connectivity index (χ2n) is 6.28. The van der Waals surface area contributed by atoms with Gasteiger partial charge < -0.3 is 5.11 Å². The van der Waals surface area contributed by atoms with E-state index in [1.807, 2.05) is 0 Å². The number of amides is 1. The predicted octanol–water partition coefficient (Wildman–Crippen LogP) is 3.43. The van der Waals surface area contributed by atoms with Crippen LogP contribution in [0.1, 0.15) is 23.1 Å². The van der Waals surface area contributed by atoms with Crippen LogP contribution in [0.15, 0.2) is 59.7 Å². The molecule has 0 bridgehead atoms. The summed E-state index contributed by atoms with van der Waals surface area (Å²) in [6.07, 6.45) is -6.13. The Kier molecular flexibility index (Phi) is 4.58. The smallest absolute Gasteiger partial charge is 0.362 e. The molecule has 4 nitrogen and oxygen atoms in total. The largest absolute Gasteiger partial charge is 0.438 e. The number of aryl methyl sites for hydroxylation is 1. The first-order chi connectivity index (χ1) is 12.2. The summed E-state index contributed by atoms with van der Waals surface area (Å²) >= 11 is 0. The van der Waals surface area contributed by atoms with E-state index in [1.54, 1.807) is 61.5 Å². The minimum absolute atomic E-state index is 0.0231. The van der Waals surface area contributed by atoms with Crippen molar-refractivity contribution < 1.29 is 23.1 Å². The Bertz CT molecular complexity index is 849. The molecule has 0 saturated heterocycles. The number of hydrogen-bond donors (Lipinski definition) is 1. The Labute approximate surface area is 148 Å². The summed E-state index contributed by atoms with van der Waals surface area (Å²) in [5, 5.41) is 14.3. The molecule has 0 radical (unpaired) electrons. The highest BCUT2D eigenvalue weighted by molar-refractivity contribution is 6.03. The fourth-order valence-corrected chi connectivity index (χ4v) is 2.86. The number of benzene rings is 2. The second kappa shape index (κ2) is 6.57. The van der Waals surface area contributed by atoms with E-state index in [9.17, 15) is 23.1 Å². The normalized spacial score (nSPS) is 20.2. The highest BCUT2D eigenvalue weighted by Crippen LogP contribution is 2.41. The molecule has 1 amide bonds. The van der Waals surface area contributed by atoms with Gasteiger partial charge in [-0.25, -0.2) is 0 Å². The van der Waals surface area contributed by atoms with Crippen LogP contribution in [0.4, 0.5) is 13.2 Å². The summed E-state index contributed by atoms with van der Waals surface area (Å²) in [6.45, 7) is 1.80. The predicted molar refractivity (Wildman–Crippen MR) is 90.3 cm³/mol. The molecule has 0 aliphatic carbocycles. The molecule has 1 aliphatic heterocycles. The zero-order valence-electron chi connectivity index (χ0n) is 14.0. The van der Waals surface area contributed by atoms with Gasteiger partial charge in [0.25, 0.3) is 5.72 Å². The molecule has 1 aliphatic rings. The van der Waals surface area contributed by atoms with Crippen molar-refractivity contribution in [2.24, 2.45) is 5.10 Å². The molecule has 1 unspecified atom stereocenters. The van der Waals surface area contributed by atoms with E-state index in [4.69, 9.17) is 0 Å². The van der Waals surface area contributed by atoms with E-state index < -0.39 is 24.2 Å². The van der Waals surface area contributed by atoms with Crippen molar-refractivity contribution in [1.29, 1.82) is 0 Å². The minimum atomic E-state index is -5.03. The third-order valence-electron chi connectivity index (χ3n) is 4.22. The Morgan fingerprint density at radius 2 is 1.88 bits per heavy atom. The standard InChI is InChI=1S/C19H17F3N2O2/c1-13-6-5-9-15(10-13)16-12-18(26,19(20,21)22)24(23-16)17(25)11-14-7-3-2-4-8-14/h2-10,26H,11-12H2,1H3. The first-order valence-corrected chi connectivity index (χ1v) is 8.01. The fraction of sp³-hybridized carbons (Fsp3) is 0.263. The molecule has 0 fully saturated rings. The number of hydrazone groups is 1. The van der Waals surface area contributed by atoms with Gasteiger partial charge in [0.2, 0.25) is 5.91 Å². The van der Waals surface area contributed by atoms with E-state index in [2.05, 4.69) is 5.10 Å². The van der Waals surface area contributed by atoms with Crippen LogP contribution < -0.4 is 0 Å². The van der Waals surface area contributed by atoms with Gasteiger partial charge in [-0.15, -0.1) is 0 Å². The van der Waals surface area contributed by atoms with E-state index >= 15 is 0 Å². The van der Waals surface area contributed by atoms with Crippen LogP contribution in [-0.4, -0.2) is 33.6 Å². The van der Waals surface area contributed by atoms with E-state index in [-0.39, 0.29) is 17.1 Å². The lowest BCUT2D eigenvalue weighted by atomic mass is 9.99. The number of aliphatic hydroxyl groups is 1. The zero-order chi connectivity index (χ0) is 18.9. The van der Waals surface area contributed by atoms with Gasteiger partial charge in [0.05, 0.1) is 18.6 Å². The number of alkyl halides is 3. The average Bonchev–Trinajstić information content (AvgIpc) is 2.95. The third-order valence-corrected chi connectivity index (χ3v) is 4.22. The molecule has 0 spiro atoms. The summed E-state index contributed by atoms with van der Waals surface area (Å²) in [5.74, 6) is -0.918. The molecule has 26 heavy (non-hydrogen) atoms. The van der Waals surface area contributed by atoms with Gasteiger partial charge in [0, 0.05) is 0 Å². The van der Waals surface area contributed by atoms with Crippen LogP contribution in [0, 0.1) is 6.92 Å². The van der Waals surface area contributed by atoms with Crippen molar-refractivity contribution in [2.75, 3.05) is 0 Å². The summed E-state index contributed by atoms with van der Waals surface area (Å²) in [5.41, 5.74) is -1.49. The Balaban J connectivity index is 1.96. The molecular weight excluding hydrogens is 345 g/mol. The van der Waals surface area contributed by atoms with Crippen molar-refractivity contribution >= 4 is 11.6 Å². The average molecular weight is 362 g/mol. The van der Waals surface area contributed by atoms with Crippen LogP contribution >= 0.6 is 0 Å². The molecule has 2 aromatic rings. The van der Waals surface area contributed by atoms with Crippen molar-refractivity contribution in [3.8, 4) is 0 Å². The Morgan fingerprint density at radius 1 is 1.19 bits per heavy atom. The van der Waals surface area contributed by atoms with Gasteiger partial charge in [-0.05, 0) is 18.1 Å². The first-order valence-electron chi connectivity index (χ1n) is 8.01. The summed E-state index contributed by atoms with van der Waals surface area (Å²) in [7, 11) is 0. The van der Waals surface area contributed by atoms with Gasteiger partial charge in [0.15, 0.2) is 0 Å². The van der Waals surface area contributed by atoms with Crippen LogP contribution in [0.3, 0.4) is 0 Å². The number of carbonyl (C=O) groups is 1. The zero-order valence-corrected chi connectivity index (χ0v) is 14.0. The fourth-order valence-electron chi connectivity index (χ4n) is 2.86. The van der Waals surface area contributed by atoms with Crippen molar-refractivity contribution in [3.63, 3.8) is 0 Å². The lowest BCUT2D eigenvalue weighted by molar-refractivity contribution is -0.302. The van der Waals surface area contributed by atoms with Crippen LogP contribution in [0.5, 0.6) is 0 Å². The number of rotatable bonds is 3. The molecule has 136 valence electrons. The van der Waals surface area contributed by atoms with E-state index in [0.29, 0.717) is 11.1 Å². The summed E-state index contributed by atoms with van der Waals surface area (Å²) < 4.78 is 40.6. The van der Waals surface area contributed by atoms with Crippen LogP contribution in [0.2, 0.25) is 0 Å². The minimum Gasteiger partial charge on any atom is -0.362 e. The van der Waals surface area contributed by atoms with Crippen LogP contribution in [0.25, 0.3) is 0 Å². The summed E-state index contributed by atoms with van der Waals surface area (Å²) in [4.78, 5) is 12.5. The van der Waals surface area contributed by atoms with Gasteiger partial charge in [-0.2, -0.15) is 23.3 Å². The lowest BCUT2D eigenvalue weighted by Crippen LogP contribution is -2.57. The first kappa shape index (κ1) is 18.1. The SMILES string of the molecule is Cc1cccc(C2=NN(C(=O)Cc3ccccc3)C(O)(C(F)(F)F)C2)c1. The van der Waals surface area contributed by atoms with Gasteiger partial charge in [-0.1, -0.05) is 60.2 Å². The monoisotopic (exact) mass is 362 g/mol. The topological polar surface area (TPSA) is 52.9 Å². The van der Waals surface area contributed by atoms with Gasteiger partial charge in [0.1, 0.15) is 0 Å². The number of carbonyl (C=O) groups excluding carboxylic acids is 1. The molecule has 0 aromatic heterocycles. The van der Waals surface area contributed by atoms with Crippen molar-refractivity contribution in [2.45, 2.75) is 31.7 Å². The Hall–Kier alpha value is -2.67. The lowest BCUT2D eigenvalue weighted by Gasteiger charge is -2.32. The summed E-state index contributed by atoms with van der Waals surface area (Å²) in [6, 6.07) is 15.1. The van der Waals surface area contributed by atoms with Crippen LogP contribution in [-0.2, 0) is 11.2 Å². The van der Waals surface area contributed by atoms with E-state index in [1.165, 1.54) is 0 Å². The van der Waals surface area contributed by atoms with Gasteiger partial charge in [-0.3, -0.25) is 4.79 Å². The molecule has 7 heteroatoms. The number of hydrogen-bond acceptors (Lipinski definition) is 3. The quantitative estimate of drug-likeness (QED) is 0.910. The molecule has 2 aromatic carbocycles. The van der Waals surface area contributed by atoms with E-state index in [0.717, 1.165) is 5.56 Å². The molecule has 3 rings (SSSR count). The maximum atomic E-state index is 13.5. The van der Waals surface area contributed by atoms with Gasteiger partial charge >= 0.3 is 6.18 Å². The molecular formula is C19H17F3N2O2. The molecule has 0 saturated carbocycles.